The van der Waals surface area contributed by atoms with E-state index in [0.29, 0.717) is 6.54 Å². The van der Waals surface area contributed by atoms with Crippen molar-refractivity contribution in [3.05, 3.63) is 75.8 Å². The van der Waals surface area contributed by atoms with Crippen LogP contribution in [0.3, 0.4) is 0 Å². The van der Waals surface area contributed by atoms with Gasteiger partial charge in [0.05, 0.1) is 4.92 Å². The Bertz CT molecular complexity index is 775. The van der Waals surface area contributed by atoms with E-state index in [9.17, 15) is 19.7 Å². The van der Waals surface area contributed by atoms with Gasteiger partial charge in [0, 0.05) is 39.1 Å². The minimum Gasteiger partial charge on any atom is -0.357 e. The molecule has 0 aromatic heterocycles. The minimum absolute atomic E-state index is 0.0158. The average molecular weight is 355 g/mol. The summed E-state index contributed by atoms with van der Waals surface area (Å²) in [4.78, 5) is 36.4. The van der Waals surface area contributed by atoms with Crippen molar-refractivity contribution in [2.45, 2.75) is 25.9 Å². The van der Waals surface area contributed by atoms with Gasteiger partial charge in [-0.15, -0.1) is 0 Å². The molecule has 7 heteroatoms. The quantitative estimate of drug-likeness (QED) is 0.609. The number of benzene rings is 2. The first-order valence-corrected chi connectivity index (χ1v) is 8.18. The molecule has 0 saturated carbocycles. The van der Waals surface area contributed by atoms with Crippen molar-refractivity contribution in [1.82, 2.24) is 10.2 Å². The Morgan fingerprint density at radius 1 is 1.08 bits per heavy atom. The van der Waals surface area contributed by atoms with Crippen LogP contribution < -0.4 is 5.32 Å². The van der Waals surface area contributed by atoms with Gasteiger partial charge >= 0.3 is 0 Å². The third-order valence-corrected chi connectivity index (χ3v) is 4.10. The number of amides is 2. The van der Waals surface area contributed by atoms with Gasteiger partial charge in [-0.1, -0.05) is 42.5 Å². The summed E-state index contributed by atoms with van der Waals surface area (Å²) in [6, 6.07) is 14.7. The SMILES string of the molecule is CNC(=O)C(Cc1ccc([N+](=O)[O-])cc1)N(Cc1ccccc1)C(C)=O. The molecule has 2 amide bonds. The van der Waals surface area contributed by atoms with Gasteiger partial charge in [-0.25, -0.2) is 0 Å². The topological polar surface area (TPSA) is 92.5 Å². The molecule has 7 nitrogen and oxygen atoms in total. The van der Waals surface area contributed by atoms with E-state index in [1.807, 2.05) is 30.3 Å². The Balaban J connectivity index is 2.27. The molecule has 0 heterocycles. The number of nitro groups is 1. The summed E-state index contributed by atoms with van der Waals surface area (Å²) in [7, 11) is 1.52. The van der Waals surface area contributed by atoms with E-state index >= 15 is 0 Å². The van der Waals surface area contributed by atoms with Crippen LogP contribution >= 0.6 is 0 Å². The molecule has 1 unspecified atom stereocenters. The first-order chi connectivity index (χ1) is 12.4. The van der Waals surface area contributed by atoms with E-state index in [0.717, 1.165) is 11.1 Å². The van der Waals surface area contributed by atoms with Crippen molar-refractivity contribution < 1.29 is 14.5 Å². The molecule has 2 aromatic rings. The molecule has 0 saturated heterocycles. The van der Waals surface area contributed by atoms with E-state index in [-0.39, 0.29) is 23.9 Å². The van der Waals surface area contributed by atoms with Crippen molar-refractivity contribution in [2.75, 3.05) is 7.05 Å². The lowest BCUT2D eigenvalue weighted by Gasteiger charge is -2.30. The number of carbonyl (C=O) groups is 2. The highest BCUT2D eigenvalue weighted by atomic mass is 16.6. The third-order valence-electron chi connectivity index (χ3n) is 4.10. The van der Waals surface area contributed by atoms with Gasteiger partial charge in [0.25, 0.3) is 5.69 Å². The normalized spacial score (nSPS) is 11.5. The van der Waals surface area contributed by atoms with Crippen LogP contribution in [0, 0.1) is 10.1 Å². The van der Waals surface area contributed by atoms with E-state index in [1.54, 1.807) is 12.1 Å². The average Bonchev–Trinajstić information content (AvgIpc) is 2.65. The lowest BCUT2D eigenvalue weighted by atomic mass is 10.0. The summed E-state index contributed by atoms with van der Waals surface area (Å²) in [5.74, 6) is -0.501. The van der Waals surface area contributed by atoms with Crippen LogP contribution in [-0.2, 0) is 22.6 Å². The lowest BCUT2D eigenvalue weighted by Crippen LogP contribution is -2.49. The molecule has 0 fully saturated rings. The maximum absolute atomic E-state index is 12.4. The zero-order chi connectivity index (χ0) is 19.1. The van der Waals surface area contributed by atoms with E-state index in [1.165, 1.54) is 31.0 Å². The fraction of sp³-hybridized carbons (Fsp3) is 0.263. The van der Waals surface area contributed by atoms with Gasteiger partial charge in [0.15, 0.2) is 0 Å². The highest BCUT2D eigenvalue weighted by molar-refractivity contribution is 5.87. The summed E-state index contributed by atoms with van der Waals surface area (Å²) in [6.45, 7) is 1.73. The first kappa shape index (κ1) is 19.1. The predicted molar refractivity (Wildman–Crippen MR) is 97.3 cm³/mol. The molecule has 0 aliphatic carbocycles. The summed E-state index contributed by atoms with van der Waals surface area (Å²) >= 11 is 0. The standard InChI is InChI=1S/C19H21N3O4/c1-14(23)21(13-16-6-4-3-5-7-16)18(19(24)20-2)12-15-8-10-17(11-9-15)22(25)26/h3-11,18H,12-13H2,1-2H3,(H,20,24). The van der Waals surface area contributed by atoms with Crippen molar-refractivity contribution in [2.24, 2.45) is 0 Å². The molecule has 2 aromatic carbocycles. The second-order valence-corrected chi connectivity index (χ2v) is 5.89. The smallest absolute Gasteiger partial charge is 0.269 e. The maximum Gasteiger partial charge on any atom is 0.269 e. The molecule has 0 bridgehead atoms. The van der Waals surface area contributed by atoms with Crippen molar-refractivity contribution in [3.8, 4) is 0 Å². The molecule has 1 atom stereocenters. The third kappa shape index (κ3) is 4.89. The fourth-order valence-corrected chi connectivity index (χ4v) is 2.71. The summed E-state index contributed by atoms with van der Waals surface area (Å²) < 4.78 is 0. The second-order valence-electron chi connectivity index (χ2n) is 5.89. The van der Waals surface area contributed by atoms with Crippen LogP contribution in [0.2, 0.25) is 0 Å². The lowest BCUT2D eigenvalue weighted by molar-refractivity contribution is -0.384. The van der Waals surface area contributed by atoms with Gasteiger partial charge in [0.2, 0.25) is 11.8 Å². The van der Waals surface area contributed by atoms with Crippen molar-refractivity contribution in [3.63, 3.8) is 0 Å². The minimum atomic E-state index is -0.709. The number of hydrogen-bond donors (Lipinski definition) is 1. The van der Waals surface area contributed by atoms with Crippen LogP contribution in [0.25, 0.3) is 0 Å². The molecule has 0 aliphatic rings. The number of nitrogens with zero attached hydrogens (tertiary/aromatic N) is 2. The summed E-state index contributed by atoms with van der Waals surface area (Å²) in [6.07, 6.45) is 0.268. The molecule has 0 radical (unpaired) electrons. The van der Waals surface area contributed by atoms with E-state index < -0.39 is 11.0 Å². The number of carbonyl (C=O) groups excluding carboxylic acids is 2. The van der Waals surface area contributed by atoms with Crippen LogP contribution in [0.1, 0.15) is 18.1 Å². The van der Waals surface area contributed by atoms with Crippen LogP contribution in [0.4, 0.5) is 5.69 Å². The highest BCUT2D eigenvalue weighted by Crippen LogP contribution is 2.17. The summed E-state index contributed by atoms with van der Waals surface area (Å²) in [5, 5.41) is 13.4. The number of likely N-dealkylation sites (N-methyl/N-ethyl adjacent to an activating group) is 1. The second kappa shape index (κ2) is 8.75. The Hall–Kier alpha value is -3.22. The molecule has 0 spiro atoms. The van der Waals surface area contributed by atoms with Crippen LogP contribution in [0.15, 0.2) is 54.6 Å². The molecular weight excluding hydrogens is 334 g/mol. The number of rotatable bonds is 7. The maximum atomic E-state index is 12.4. The van der Waals surface area contributed by atoms with E-state index in [4.69, 9.17) is 0 Å². The molecule has 136 valence electrons. The van der Waals surface area contributed by atoms with Crippen molar-refractivity contribution in [1.29, 1.82) is 0 Å². The monoisotopic (exact) mass is 355 g/mol. The van der Waals surface area contributed by atoms with Crippen LogP contribution in [0.5, 0.6) is 0 Å². The Labute approximate surface area is 151 Å². The Kier molecular flexibility index (Phi) is 6.43. The number of nitro benzene ring substituents is 1. The van der Waals surface area contributed by atoms with Crippen LogP contribution in [-0.4, -0.2) is 34.7 Å². The van der Waals surface area contributed by atoms with Gasteiger partial charge < -0.3 is 10.2 Å². The Morgan fingerprint density at radius 3 is 2.19 bits per heavy atom. The van der Waals surface area contributed by atoms with Gasteiger partial charge in [0.1, 0.15) is 6.04 Å². The molecular formula is C19H21N3O4. The zero-order valence-electron chi connectivity index (χ0n) is 14.7. The van der Waals surface area contributed by atoms with Gasteiger partial charge in [-0.3, -0.25) is 19.7 Å². The summed E-state index contributed by atoms with van der Waals surface area (Å²) in [5.41, 5.74) is 1.64. The number of non-ortho nitro benzene ring substituents is 1. The molecule has 0 aliphatic heterocycles. The first-order valence-electron chi connectivity index (χ1n) is 8.18. The molecule has 1 N–H and O–H groups in total. The van der Waals surface area contributed by atoms with E-state index in [2.05, 4.69) is 5.32 Å². The fourth-order valence-electron chi connectivity index (χ4n) is 2.71. The molecule has 26 heavy (non-hydrogen) atoms. The van der Waals surface area contributed by atoms with Crippen molar-refractivity contribution >= 4 is 17.5 Å². The van der Waals surface area contributed by atoms with Gasteiger partial charge in [-0.05, 0) is 11.1 Å². The van der Waals surface area contributed by atoms with Gasteiger partial charge in [-0.2, -0.15) is 0 Å². The zero-order valence-corrected chi connectivity index (χ0v) is 14.7. The highest BCUT2D eigenvalue weighted by Gasteiger charge is 2.27. The molecule has 2 rings (SSSR count). The number of nitrogens with one attached hydrogen (secondary N) is 1. The largest absolute Gasteiger partial charge is 0.357 e. The number of hydrogen-bond acceptors (Lipinski definition) is 4. The predicted octanol–water partition coefficient (Wildman–Crippen LogP) is 2.30. The Morgan fingerprint density at radius 2 is 1.69 bits per heavy atom.